The number of hydrogen-bond donors (Lipinski definition) is 2. The van der Waals surface area contributed by atoms with Crippen LogP contribution < -0.4 is 5.73 Å². The first-order chi connectivity index (χ1) is 7.54. The number of hydrogen-bond acceptors (Lipinski definition) is 5. The van der Waals surface area contributed by atoms with Crippen LogP contribution in [-0.2, 0) is 9.53 Å². The third kappa shape index (κ3) is 3.16. The van der Waals surface area contributed by atoms with Crippen molar-refractivity contribution in [2.45, 2.75) is 4.90 Å². The van der Waals surface area contributed by atoms with Crippen LogP contribution in [0.15, 0.2) is 23.1 Å². The Morgan fingerprint density at radius 3 is 2.75 bits per heavy atom. The van der Waals surface area contributed by atoms with E-state index in [2.05, 4.69) is 4.74 Å². The van der Waals surface area contributed by atoms with Crippen molar-refractivity contribution in [3.8, 4) is 0 Å². The average Bonchev–Trinajstić information content (AvgIpc) is 2.27. The fourth-order valence-electron chi connectivity index (χ4n) is 1.01. The van der Waals surface area contributed by atoms with E-state index < -0.39 is 5.97 Å². The topological polar surface area (TPSA) is 89.6 Å². The second kappa shape index (κ2) is 5.41. The van der Waals surface area contributed by atoms with Crippen LogP contribution >= 0.6 is 11.8 Å². The summed E-state index contributed by atoms with van der Waals surface area (Å²) in [6, 6.07) is 4.60. The summed E-state index contributed by atoms with van der Waals surface area (Å²) < 4.78 is 4.47. The molecule has 0 saturated heterocycles. The number of aromatic carboxylic acids is 1. The van der Waals surface area contributed by atoms with Crippen molar-refractivity contribution in [3.63, 3.8) is 0 Å². The quantitative estimate of drug-likeness (QED) is 0.468. The lowest BCUT2D eigenvalue weighted by molar-refractivity contribution is -0.137. The van der Waals surface area contributed by atoms with Crippen LogP contribution in [0.5, 0.6) is 0 Å². The normalized spacial score (nSPS) is 9.81. The number of benzene rings is 1. The first-order valence-corrected chi connectivity index (χ1v) is 5.35. The Morgan fingerprint density at radius 2 is 2.19 bits per heavy atom. The maximum atomic E-state index is 10.9. The molecule has 0 aliphatic heterocycles. The molecule has 86 valence electrons. The van der Waals surface area contributed by atoms with Crippen molar-refractivity contribution in [2.24, 2.45) is 0 Å². The zero-order valence-electron chi connectivity index (χ0n) is 8.60. The highest BCUT2D eigenvalue weighted by molar-refractivity contribution is 8.00. The number of rotatable bonds is 4. The van der Waals surface area contributed by atoms with Gasteiger partial charge in [0.15, 0.2) is 0 Å². The molecular weight excluding hydrogens is 230 g/mol. The summed E-state index contributed by atoms with van der Waals surface area (Å²) in [4.78, 5) is 22.3. The van der Waals surface area contributed by atoms with E-state index in [-0.39, 0.29) is 23.0 Å². The van der Waals surface area contributed by atoms with Gasteiger partial charge in [0, 0.05) is 10.6 Å². The van der Waals surface area contributed by atoms with Crippen molar-refractivity contribution in [1.82, 2.24) is 0 Å². The SMILES string of the molecule is COC(=O)CSc1ccc(N)c(C(=O)O)c1. The molecule has 0 saturated carbocycles. The van der Waals surface area contributed by atoms with Crippen molar-refractivity contribution in [1.29, 1.82) is 0 Å². The van der Waals surface area contributed by atoms with Crippen molar-refractivity contribution in [3.05, 3.63) is 23.8 Å². The molecular formula is C10H11NO4S. The van der Waals surface area contributed by atoms with Gasteiger partial charge in [-0.05, 0) is 18.2 Å². The first-order valence-electron chi connectivity index (χ1n) is 4.37. The van der Waals surface area contributed by atoms with Gasteiger partial charge < -0.3 is 15.6 Å². The maximum Gasteiger partial charge on any atom is 0.337 e. The molecule has 0 heterocycles. The van der Waals surface area contributed by atoms with E-state index in [9.17, 15) is 9.59 Å². The van der Waals surface area contributed by atoms with Crippen LogP contribution in [0.3, 0.4) is 0 Å². The lowest BCUT2D eigenvalue weighted by Crippen LogP contribution is -2.04. The number of esters is 1. The molecule has 0 amide bonds. The van der Waals surface area contributed by atoms with Gasteiger partial charge in [-0.15, -0.1) is 11.8 Å². The number of carboxylic acid groups (broad SMARTS) is 1. The number of carbonyl (C=O) groups is 2. The van der Waals surface area contributed by atoms with E-state index in [0.29, 0.717) is 4.90 Å². The molecule has 0 fully saturated rings. The number of nitrogen functional groups attached to an aromatic ring is 1. The van der Waals surface area contributed by atoms with Gasteiger partial charge >= 0.3 is 11.9 Å². The van der Waals surface area contributed by atoms with Crippen molar-refractivity contribution >= 4 is 29.4 Å². The van der Waals surface area contributed by atoms with Crippen LogP contribution in [0, 0.1) is 0 Å². The van der Waals surface area contributed by atoms with Gasteiger partial charge in [-0.25, -0.2) is 4.79 Å². The van der Waals surface area contributed by atoms with E-state index in [1.54, 1.807) is 6.07 Å². The van der Waals surface area contributed by atoms with Gasteiger partial charge in [-0.1, -0.05) is 0 Å². The van der Waals surface area contributed by atoms with Gasteiger partial charge in [-0.2, -0.15) is 0 Å². The van der Waals surface area contributed by atoms with E-state index in [4.69, 9.17) is 10.8 Å². The Labute approximate surface area is 96.6 Å². The molecule has 0 aromatic heterocycles. The Balaban J connectivity index is 2.79. The van der Waals surface area contributed by atoms with E-state index in [1.165, 1.54) is 31.0 Å². The molecule has 0 atom stereocenters. The molecule has 0 radical (unpaired) electrons. The second-order valence-corrected chi connectivity index (χ2v) is 3.97. The Bertz CT molecular complexity index is 419. The monoisotopic (exact) mass is 241 g/mol. The van der Waals surface area contributed by atoms with Crippen LogP contribution in [-0.4, -0.2) is 29.9 Å². The molecule has 0 aliphatic carbocycles. The fourth-order valence-corrected chi connectivity index (χ4v) is 1.78. The molecule has 1 aromatic rings. The second-order valence-electron chi connectivity index (χ2n) is 2.92. The number of anilines is 1. The Morgan fingerprint density at radius 1 is 1.50 bits per heavy atom. The lowest BCUT2D eigenvalue weighted by Gasteiger charge is -2.04. The lowest BCUT2D eigenvalue weighted by atomic mass is 10.2. The van der Waals surface area contributed by atoms with Gasteiger partial charge in [0.05, 0.1) is 18.4 Å². The summed E-state index contributed by atoms with van der Waals surface area (Å²) in [5.74, 6) is -1.31. The van der Waals surface area contributed by atoms with Gasteiger partial charge in [-0.3, -0.25) is 4.79 Å². The largest absolute Gasteiger partial charge is 0.478 e. The molecule has 3 N–H and O–H groups in total. The number of ether oxygens (including phenoxy) is 1. The Kier molecular flexibility index (Phi) is 4.19. The zero-order chi connectivity index (χ0) is 12.1. The smallest absolute Gasteiger partial charge is 0.337 e. The predicted octanol–water partition coefficient (Wildman–Crippen LogP) is 1.23. The third-order valence-electron chi connectivity index (χ3n) is 1.84. The Hall–Kier alpha value is -1.69. The van der Waals surface area contributed by atoms with Crippen LogP contribution in [0.2, 0.25) is 0 Å². The van der Waals surface area contributed by atoms with Crippen molar-refractivity contribution in [2.75, 3.05) is 18.6 Å². The number of thioether (sulfide) groups is 1. The molecule has 1 rings (SSSR count). The molecule has 16 heavy (non-hydrogen) atoms. The minimum Gasteiger partial charge on any atom is -0.478 e. The zero-order valence-corrected chi connectivity index (χ0v) is 9.41. The van der Waals surface area contributed by atoms with Gasteiger partial charge in [0.2, 0.25) is 0 Å². The number of nitrogens with two attached hydrogens (primary N) is 1. The molecule has 0 unspecified atom stereocenters. The summed E-state index contributed by atoms with van der Waals surface area (Å²) >= 11 is 1.20. The minimum atomic E-state index is -1.09. The fraction of sp³-hybridized carbons (Fsp3) is 0.200. The average molecular weight is 241 g/mol. The van der Waals surface area contributed by atoms with E-state index in [0.717, 1.165) is 0 Å². The standard InChI is InChI=1S/C10H11NO4S/c1-15-9(12)5-16-6-2-3-8(11)7(4-6)10(13)14/h2-4H,5,11H2,1H3,(H,13,14). The van der Waals surface area contributed by atoms with Gasteiger partial charge in [0.1, 0.15) is 0 Å². The van der Waals surface area contributed by atoms with Crippen LogP contribution in [0.4, 0.5) is 5.69 Å². The molecule has 6 heteroatoms. The number of methoxy groups -OCH3 is 1. The molecule has 5 nitrogen and oxygen atoms in total. The molecule has 0 spiro atoms. The van der Waals surface area contributed by atoms with E-state index >= 15 is 0 Å². The summed E-state index contributed by atoms with van der Waals surface area (Å²) in [5.41, 5.74) is 5.73. The highest BCUT2D eigenvalue weighted by Crippen LogP contribution is 2.23. The predicted molar refractivity (Wildman–Crippen MR) is 60.6 cm³/mol. The van der Waals surface area contributed by atoms with Crippen LogP contribution in [0.1, 0.15) is 10.4 Å². The third-order valence-corrected chi connectivity index (χ3v) is 2.81. The number of carbonyl (C=O) groups excluding carboxylic acids is 1. The minimum absolute atomic E-state index is 0.0369. The number of carboxylic acids is 1. The highest BCUT2D eigenvalue weighted by Gasteiger charge is 2.09. The summed E-state index contributed by atoms with van der Waals surface area (Å²) in [5, 5.41) is 8.83. The highest BCUT2D eigenvalue weighted by atomic mass is 32.2. The molecule has 1 aromatic carbocycles. The summed E-state index contributed by atoms with van der Waals surface area (Å²) in [7, 11) is 1.30. The molecule has 0 aliphatic rings. The maximum absolute atomic E-state index is 10.9. The van der Waals surface area contributed by atoms with Crippen LogP contribution in [0.25, 0.3) is 0 Å². The first kappa shape index (κ1) is 12.4. The van der Waals surface area contributed by atoms with E-state index in [1.807, 2.05) is 0 Å². The van der Waals surface area contributed by atoms with Crippen molar-refractivity contribution < 1.29 is 19.4 Å². The van der Waals surface area contributed by atoms with Gasteiger partial charge in [0.25, 0.3) is 0 Å². The summed E-state index contributed by atoms with van der Waals surface area (Å²) in [6.07, 6.45) is 0. The molecule has 0 bridgehead atoms. The summed E-state index contributed by atoms with van der Waals surface area (Å²) in [6.45, 7) is 0.